The van der Waals surface area contributed by atoms with Crippen LogP contribution in [0, 0.1) is 0 Å². The average molecular weight is 308 g/mol. The number of nitrogens with one attached hydrogen (secondary N) is 1. The molecule has 0 saturated carbocycles. The summed E-state index contributed by atoms with van der Waals surface area (Å²) in [6.07, 6.45) is 1.73. The summed E-state index contributed by atoms with van der Waals surface area (Å²) in [6.45, 7) is 4.12. The Balaban J connectivity index is 2.40. The van der Waals surface area contributed by atoms with Crippen LogP contribution in [-0.4, -0.2) is 27.8 Å². The van der Waals surface area contributed by atoms with Crippen LogP contribution in [0.1, 0.15) is 43.4 Å². The number of esters is 1. The first-order chi connectivity index (χ1) is 10.2. The Morgan fingerprint density at radius 2 is 2.14 bits per heavy atom. The molecule has 21 heavy (non-hydrogen) atoms. The molecule has 0 radical (unpaired) electrons. The van der Waals surface area contributed by atoms with Gasteiger partial charge in [0.05, 0.1) is 6.61 Å². The first-order valence-corrected chi connectivity index (χ1v) is 7.37. The number of hydrogen-bond donors (Lipinski definition) is 1. The second kappa shape index (κ2) is 7.22. The fourth-order valence-electron chi connectivity index (χ4n) is 2.09. The van der Waals surface area contributed by atoms with Crippen LogP contribution in [0.2, 0.25) is 5.02 Å². The number of hydrogen-bond acceptors (Lipinski definition) is 4. The van der Waals surface area contributed by atoms with Crippen LogP contribution in [0.4, 0.5) is 0 Å². The van der Waals surface area contributed by atoms with Gasteiger partial charge in [-0.3, -0.25) is 9.89 Å². The van der Waals surface area contributed by atoms with Crippen molar-refractivity contribution in [1.82, 2.24) is 15.2 Å². The SMILES string of the molecule is CCCc1nc(C(C(=O)OCC)c2ccccc2Cl)n[nH]1. The highest BCUT2D eigenvalue weighted by Crippen LogP contribution is 2.29. The van der Waals surface area contributed by atoms with E-state index in [1.54, 1.807) is 19.1 Å². The van der Waals surface area contributed by atoms with E-state index in [0.717, 1.165) is 18.7 Å². The van der Waals surface area contributed by atoms with Gasteiger partial charge in [0.1, 0.15) is 11.7 Å². The van der Waals surface area contributed by atoms with Gasteiger partial charge in [0.15, 0.2) is 5.82 Å². The third-order valence-corrected chi connectivity index (χ3v) is 3.38. The summed E-state index contributed by atoms with van der Waals surface area (Å²) in [5, 5.41) is 7.52. The van der Waals surface area contributed by atoms with E-state index < -0.39 is 11.9 Å². The fourth-order valence-corrected chi connectivity index (χ4v) is 2.34. The molecular formula is C15H18ClN3O2. The summed E-state index contributed by atoms with van der Waals surface area (Å²) < 4.78 is 5.15. The molecule has 1 unspecified atom stereocenters. The van der Waals surface area contributed by atoms with E-state index in [9.17, 15) is 4.79 Å². The summed E-state index contributed by atoms with van der Waals surface area (Å²) in [5.41, 5.74) is 0.652. The smallest absolute Gasteiger partial charge is 0.321 e. The topological polar surface area (TPSA) is 67.9 Å². The molecule has 1 atom stereocenters. The van der Waals surface area contributed by atoms with Gasteiger partial charge in [-0.1, -0.05) is 36.7 Å². The van der Waals surface area contributed by atoms with Crippen LogP contribution in [0.5, 0.6) is 0 Å². The number of aryl methyl sites for hydroxylation is 1. The molecule has 0 aliphatic rings. The molecule has 2 aromatic rings. The monoisotopic (exact) mass is 307 g/mol. The number of rotatable bonds is 6. The molecule has 112 valence electrons. The van der Waals surface area contributed by atoms with Crippen molar-refractivity contribution in [3.63, 3.8) is 0 Å². The van der Waals surface area contributed by atoms with Crippen LogP contribution >= 0.6 is 11.6 Å². The normalized spacial score (nSPS) is 12.1. The second-order valence-corrected chi connectivity index (χ2v) is 5.00. The van der Waals surface area contributed by atoms with E-state index in [4.69, 9.17) is 16.3 Å². The molecule has 5 nitrogen and oxygen atoms in total. The van der Waals surface area contributed by atoms with E-state index >= 15 is 0 Å². The summed E-state index contributed by atoms with van der Waals surface area (Å²) in [5.74, 6) is 0.0482. The molecule has 1 aromatic heterocycles. The van der Waals surface area contributed by atoms with Crippen LogP contribution in [0.25, 0.3) is 0 Å². The van der Waals surface area contributed by atoms with E-state index in [1.807, 2.05) is 12.1 Å². The Hall–Kier alpha value is -1.88. The molecule has 0 amide bonds. The summed E-state index contributed by atoms with van der Waals surface area (Å²) >= 11 is 6.21. The van der Waals surface area contributed by atoms with Gasteiger partial charge in [0, 0.05) is 11.4 Å². The maximum atomic E-state index is 12.3. The van der Waals surface area contributed by atoms with Gasteiger partial charge >= 0.3 is 5.97 Å². The van der Waals surface area contributed by atoms with Crippen molar-refractivity contribution in [2.24, 2.45) is 0 Å². The van der Waals surface area contributed by atoms with Crippen LogP contribution < -0.4 is 0 Å². The molecule has 2 rings (SSSR count). The highest BCUT2D eigenvalue weighted by molar-refractivity contribution is 6.31. The Kier molecular flexibility index (Phi) is 5.33. The van der Waals surface area contributed by atoms with Gasteiger partial charge in [0.2, 0.25) is 0 Å². The quantitative estimate of drug-likeness (QED) is 0.833. The minimum absolute atomic E-state index is 0.298. The fraction of sp³-hybridized carbons (Fsp3) is 0.400. The lowest BCUT2D eigenvalue weighted by Gasteiger charge is -2.14. The third-order valence-electron chi connectivity index (χ3n) is 3.03. The zero-order valence-corrected chi connectivity index (χ0v) is 12.9. The maximum absolute atomic E-state index is 12.3. The van der Waals surface area contributed by atoms with Crippen molar-refractivity contribution in [1.29, 1.82) is 0 Å². The number of aromatic amines is 1. The van der Waals surface area contributed by atoms with Gasteiger partial charge in [-0.25, -0.2) is 4.98 Å². The second-order valence-electron chi connectivity index (χ2n) is 4.60. The molecule has 0 bridgehead atoms. The molecule has 0 saturated heterocycles. The van der Waals surface area contributed by atoms with Gasteiger partial charge in [-0.15, -0.1) is 0 Å². The highest BCUT2D eigenvalue weighted by Gasteiger charge is 2.29. The van der Waals surface area contributed by atoms with E-state index in [2.05, 4.69) is 22.1 Å². The predicted octanol–water partition coefficient (Wildman–Crippen LogP) is 3.11. The van der Waals surface area contributed by atoms with Gasteiger partial charge in [-0.05, 0) is 25.0 Å². The minimum Gasteiger partial charge on any atom is -0.465 e. The van der Waals surface area contributed by atoms with Crippen molar-refractivity contribution in [2.75, 3.05) is 6.61 Å². The molecule has 0 aliphatic carbocycles. The molecule has 1 N–H and O–H groups in total. The highest BCUT2D eigenvalue weighted by atomic mass is 35.5. The number of H-pyrrole nitrogens is 1. The van der Waals surface area contributed by atoms with E-state index in [-0.39, 0.29) is 0 Å². The Morgan fingerprint density at radius 3 is 2.81 bits per heavy atom. The predicted molar refractivity (Wildman–Crippen MR) is 80.3 cm³/mol. The standard InChI is InChI=1S/C15H18ClN3O2/c1-3-7-12-17-14(19-18-12)13(15(20)21-4-2)10-8-5-6-9-11(10)16/h5-6,8-9,13H,3-4,7H2,1-2H3,(H,17,18,19). The Bertz CT molecular complexity index is 612. The zero-order valence-electron chi connectivity index (χ0n) is 12.1. The van der Waals surface area contributed by atoms with Crippen molar-refractivity contribution in [3.8, 4) is 0 Å². The number of halogens is 1. The molecule has 0 spiro atoms. The maximum Gasteiger partial charge on any atom is 0.321 e. The van der Waals surface area contributed by atoms with E-state index in [1.165, 1.54) is 0 Å². The lowest BCUT2D eigenvalue weighted by atomic mass is 9.98. The summed E-state index contributed by atoms with van der Waals surface area (Å²) in [6, 6.07) is 7.17. The third kappa shape index (κ3) is 3.61. The van der Waals surface area contributed by atoms with Crippen molar-refractivity contribution in [2.45, 2.75) is 32.6 Å². The number of ether oxygens (including phenoxy) is 1. The van der Waals surface area contributed by atoms with Crippen molar-refractivity contribution in [3.05, 3.63) is 46.5 Å². The zero-order chi connectivity index (χ0) is 15.2. The lowest BCUT2D eigenvalue weighted by molar-refractivity contribution is -0.144. The summed E-state index contributed by atoms with van der Waals surface area (Å²) in [4.78, 5) is 16.7. The van der Waals surface area contributed by atoms with Gasteiger partial charge in [0.25, 0.3) is 0 Å². The number of carbonyl (C=O) groups is 1. The Morgan fingerprint density at radius 1 is 1.38 bits per heavy atom. The van der Waals surface area contributed by atoms with Crippen molar-refractivity contribution < 1.29 is 9.53 Å². The Labute approximate surface area is 128 Å². The summed E-state index contributed by atoms with van der Waals surface area (Å²) in [7, 11) is 0. The lowest BCUT2D eigenvalue weighted by Crippen LogP contribution is -2.19. The molecule has 0 fully saturated rings. The molecular weight excluding hydrogens is 290 g/mol. The van der Waals surface area contributed by atoms with Gasteiger partial charge in [-0.2, -0.15) is 5.10 Å². The first-order valence-electron chi connectivity index (χ1n) is 6.99. The van der Waals surface area contributed by atoms with Crippen LogP contribution in [0.15, 0.2) is 24.3 Å². The van der Waals surface area contributed by atoms with Gasteiger partial charge < -0.3 is 4.74 Å². The number of benzene rings is 1. The molecule has 1 heterocycles. The number of carbonyl (C=O) groups excluding carboxylic acids is 1. The molecule has 0 aliphatic heterocycles. The van der Waals surface area contributed by atoms with E-state index in [0.29, 0.717) is 23.0 Å². The van der Waals surface area contributed by atoms with Crippen LogP contribution in [0.3, 0.4) is 0 Å². The molecule has 6 heteroatoms. The first kappa shape index (κ1) is 15.5. The largest absolute Gasteiger partial charge is 0.465 e. The number of aromatic nitrogens is 3. The number of nitrogens with zero attached hydrogens (tertiary/aromatic N) is 2. The van der Waals surface area contributed by atoms with Crippen LogP contribution in [-0.2, 0) is 16.0 Å². The average Bonchev–Trinajstić information content (AvgIpc) is 2.90. The molecule has 1 aromatic carbocycles. The minimum atomic E-state index is -0.708. The van der Waals surface area contributed by atoms with Crippen molar-refractivity contribution >= 4 is 17.6 Å².